The second-order valence-electron chi connectivity index (χ2n) is 8.40. The summed E-state index contributed by atoms with van der Waals surface area (Å²) in [5.41, 5.74) is 3.36. The first kappa shape index (κ1) is 23.5. The van der Waals surface area contributed by atoms with Gasteiger partial charge in [-0.3, -0.25) is 4.79 Å². The molecule has 3 aromatic carbocycles. The SMILES string of the molecule is CC(CCc1ccccc1)NS(=O)(=O)c1ccc2c(c1)CCCN2C(=O)c1ccc(Cl)cc1. The Hall–Kier alpha value is -2.67. The topological polar surface area (TPSA) is 66.5 Å². The van der Waals surface area contributed by atoms with Gasteiger partial charge in [-0.2, -0.15) is 0 Å². The van der Waals surface area contributed by atoms with Crippen LogP contribution in [0.25, 0.3) is 0 Å². The molecular formula is C26H27ClN2O3S. The molecule has 0 saturated carbocycles. The standard InChI is InChI=1S/C26H27ClN2O3S/c1-19(9-10-20-6-3-2-4-7-20)28-33(31,32)24-15-16-25-22(18-24)8-5-17-29(25)26(30)21-11-13-23(27)14-12-21/h2-4,6-7,11-16,18-19,28H,5,8-10,17H2,1H3. The van der Waals surface area contributed by atoms with Crippen LogP contribution in [0, 0.1) is 0 Å². The molecule has 0 saturated heterocycles. The molecule has 0 aliphatic carbocycles. The first-order chi connectivity index (χ1) is 15.8. The molecule has 5 nitrogen and oxygen atoms in total. The maximum Gasteiger partial charge on any atom is 0.258 e. The van der Waals surface area contributed by atoms with Crippen LogP contribution in [0.2, 0.25) is 5.02 Å². The molecule has 0 spiro atoms. The number of nitrogens with zero attached hydrogens (tertiary/aromatic N) is 1. The second kappa shape index (κ2) is 10.1. The fourth-order valence-corrected chi connectivity index (χ4v) is 5.57. The van der Waals surface area contributed by atoms with E-state index >= 15 is 0 Å². The van der Waals surface area contributed by atoms with Crippen LogP contribution < -0.4 is 9.62 Å². The number of sulfonamides is 1. The van der Waals surface area contributed by atoms with Crippen molar-refractivity contribution in [2.24, 2.45) is 0 Å². The summed E-state index contributed by atoms with van der Waals surface area (Å²) < 4.78 is 28.8. The highest BCUT2D eigenvalue weighted by Crippen LogP contribution is 2.31. The van der Waals surface area contributed by atoms with Crippen molar-refractivity contribution >= 4 is 33.2 Å². The zero-order chi connectivity index (χ0) is 23.4. The number of hydrogen-bond donors (Lipinski definition) is 1. The lowest BCUT2D eigenvalue weighted by Crippen LogP contribution is -2.36. The number of rotatable bonds is 7. The number of halogens is 1. The van der Waals surface area contributed by atoms with Crippen molar-refractivity contribution in [2.75, 3.05) is 11.4 Å². The summed E-state index contributed by atoms with van der Waals surface area (Å²) in [5.74, 6) is -0.115. The van der Waals surface area contributed by atoms with Gasteiger partial charge >= 0.3 is 0 Å². The molecule has 0 radical (unpaired) electrons. The lowest BCUT2D eigenvalue weighted by atomic mass is 10.0. The van der Waals surface area contributed by atoms with Crippen LogP contribution in [-0.2, 0) is 22.9 Å². The Morgan fingerprint density at radius 3 is 2.52 bits per heavy atom. The van der Waals surface area contributed by atoms with Gasteiger partial charge in [-0.1, -0.05) is 41.9 Å². The Morgan fingerprint density at radius 2 is 1.79 bits per heavy atom. The van der Waals surface area contributed by atoms with Crippen LogP contribution in [0.4, 0.5) is 5.69 Å². The number of hydrogen-bond acceptors (Lipinski definition) is 3. The molecule has 4 rings (SSSR count). The van der Waals surface area contributed by atoms with Gasteiger partial charge < -0.3 is 4.90 Å². The summed E-state index contributed by atoms with van der Waals surface area (Å²) in [6.07, 6.45) is 3.01. The Balaban J connectivity index is 1.48. The highest BCUT2D eigenvalue weighted by molar-refractivity contribution is 7.89. The van der Waals surface area contributed by atoms with Crippen LogP contribution in [0.5, 0.6) is 0 Å². The van der Waals surface area contributed by atoms with Gasteiger partial charge in [0, 0.05) is 28.9 Å². The van der Waals surface area contributed by atoms with Crippen LogP contribution in [0.3, 0.4) is 0 Å². The molecule has 1 amide bonds. The third-order valence-electron chi connectivity index (χ3n) is 5.88. The maximum absolute atomic E-state index is 13.0. The molecule has 1 atom stereocenters. The minimum atomic E-state index is -3.66. The number of benzene rings is 3. The molecule has 1 aliphatic heterocycles. The van der Waals surface area contributed by atoms with Crippen LogP contribution in [-0.4, -0.2) is 26.9 Å². The van der Waals surface area contributed by atoms with Crippen molar-refractivity contribution in [1.82, 2.24) is 4.72 Å². The van der Waals surface area contributed by atoms with Gasteiger partial charge in [0.1, 0.15) is 0 Å². The molecule has 1 N–H and O–H groups in total. The third kappa shape index (κ3) is 5.64. The third-order valence-corrected chi connectivity index (χ3v) is 7.72. The average Bonchev–Trinajstić information content (AvgIpc) is 2.82. The summed E-state index contributed by atoms with van der Waals surface area (Å²) in [6, 6.07) is 21.6. The number of carbonyl (C=O) groups excluding carboxylic acids is 1. The van der Waals surface area contributed by atoms with E-state index in [1.807, 2.05) is 37.3 Å². The van der Waals surface area contributed by atoms with Crippen molar-refractivity contribution in [3.05, 3.63) is 94.5 Å². The van der Waals surface area contributed by atoms with Crippen molar-refractivity contribution in [2.45, 2.75) is 43.5 Å². The van der Waals surface area contributed by atoms with Gasteiger partial charge in [-0.25, -0.2) is 13.1 Å². The smallest absolute Gasteiger partial charge is 0.258 e. The summed E-state index contributed by atoms with van der Waals surface area (Å²) >= 11 is 5.94. The predicted octanol–water partition coefficient (Wildman–Crippen LogP) is 5.23. The molecule has 0 bridgehead atoms. The van der Waals surface area contributed by atoms with E-state index in [0.717, 1.165) is 30.5 Å². The average molecular weight is 483 g/mol. The predicted molar refractivity (Wildman–Crippen MR) is 132 cm³/mol. The summed E-state index contributed by atoms with van der Waals surface area (Å²) in [6.45, 7) is 2.47. The van der Waals surface area contributed by atoms with Crippen molar-refractivity contribution < 1.29 is 13.2 Å². The van der Waals surface area contributed by atoms with E-state index in [9.17, 15) is 13.2 Å². The number of nitrogens with one attached hydrogen (secondary N) is 1. The van der Waals surface area contributed by atoms with E-state index in [2.05, 4.69) is 4.72 Å². The summed E-state index contributed by atoms with van der Waals surface area (Å²) in [5, 5.41) is 0.575. The molecule has 33 heavy (non-hydrogen) atoms. The highest BCUT2D eigenvalue weighted by Gasteiger charge is 2.26. The number of carbonyl (C=O) groups is 1. The first-order valence-electron chi connectivity index (χ1n) is 11.1. The van der Waals surface area contributed by atoms with E-state index in [4.69, 9.17) is 11.6 Å². The van der Waals surface area contributed by atoms with Crippen molar-refractivity contribution in [3.8, 4) is 0 Å². The summed E-state index contributed by atoms with van der Waals surface area (Å²) in [4.78, 5) is 15.0. The van der Waals surface area contributed by atoms with Gasteiger partial charge in [0.05, 0.1) is 4.90 Å². The largest absolute Gasteiger partial charge is 0.308 e. The molecule has 1 aliphatic rings. The van der Waals surface area contributed by atoms with Gasteiger partial charge in [0.25, 0.3) is 5.91 Å². The quantitative estimate of drug-likeness (QED) is 0.501. The molecule has 0 fully saturated rings. The Morgan fingerprint density at radius 1 is 1.06 bits per heavy atom. The monoisotopic (exact) mass is 482 g/mol. The minimum absolute atomic E-state index is 0.115. The lowest BCUT2D eigenvalue weighted by molar-refractivity contribution is 0.0985. The fourth-order valence-electron chi connectivity index (χ4n) is 4.12. The zero-order valence-corrected chi connectivity index (χ0v) is 20.1. The number of fused-ring (bicyclic) bond motifs is 1. The number of aryl methyl sites for hydroxylation is 2. The van der Waals surface area contributed by atoms with E-state index in [1.165, 1.54) is 5.56 Å². The van der Waals surface area contributed by atoms with Crippen LogP contribution in [0.15, 0.2) is 77.7 Å². The summed E-state index contributed by atoms with van der Waals surface area (Å²) in [7, 11) is -3.66. The van der Waals surface area contributed by atoms with Crippen LogP contribution >= 0.6 is 11.6 Å². The van der Waals surface area contributed by atoms with Gasteiger partial charge in [0.15, 0.2) is 0 Å². The Labute approximate surface area is 200 Å². The minimum Gasteiger partial charge on any atom is -0.308 e. The van der Waals surface area contributed by atoms with E-state index in [-0.39, 0.29) is 16.8 Å². The maximum atomic E-state index is 13.0. The number of anilines is 1. The first-order valence-corrected chi connectivity index (χ1v) is 13.0. The van der Waals surface area contributed by atoms with Gasteiger partial charge in [0.2, 0.25) is 10.0 Å². The molecule has 172 valence electrons. The second-order valence-corrected chi connectivity index (χ2v) is 10.6. The Kier molecular flexibility index (Phi) is 7.17. The normalized spacial score (nSPS) is 14.5. The molecule has 0 aromatic heterocycles. The van der Waals surface area contributed by atoms with E-state index < -0.39 is 10.0 Å². The molecule has 1 unspecified atom stereocenters. The molecular weight excluding hydrogens is 456 g/mol. The van der Waals surface area contributed by atoms with E-state index in [1.54, 1.807) is 47.4 Å². The van der Waals surface area contributed by atoms with Gasteiger partial charge in [-0.15, -0.1) is 0 Å². The lowest BCUT2D eigenvalue weighted by Gasteiger charge is -2.30. The van der Waals surface area contributed by atoms with Crippen molar-refractivity contribution in [3.63, 3.8) is 0 Å². The Bertz CT molecular complexity index is 1230. The molecule has 7 heteroatoms. The molecule has 3 aromatic rings. The van der Waals surface area contributed by atoms with E-state index in [0.29, 0.717) is 23.6 Å². The number of amides is 1. The highest BCUT2D eigenvalue weighted by atomic mass is 35.5. The van der Waals surface area contributed by atoms with Gasteiger partial charge in [-0.05, 0) is 86.2 Å². The zero-order valence-electron chi connectivity index (χ0n) is 18.5. The fraction of sp³-hybridized carbons (Fsp3) is 0.269. The van der Waals surface area contributed by atoms with Crippen molar-refractivity contribution in [1.29, 1.82) is 0 Å². The molecule has 1 heterocycles. The van der Waals surface area contributed by atoms with Crippen LogP contribution in [0.1, 0.15) is 41.3 Å².